The van der Waals surface area contributed by atoms with Crippen LogP contribution in [-0.4, -0.2) is 38.5 Å². The molecule has 4 nitrogen and oxygen atoms in total. The molecule has 0 aromatic heterocycles. The Bertz CT molecular complexity index is 746. The zero-order chi connectivity index (χ0) is 30.5. The second-order valence-electron chi connectivity index (χ2n) is 15.1. The van der Waals surface area contributed by atoms with Crippen molar-refractivity contribution in [2.75, 3.05) is 0 Å². The number of carbonyl (C=O) groups excluding carboxylic acids is 2. The monoisotopic (exact) mass is 592 g/mol. The predicted octanol–water partition coefficient (Wildman–Crippen LogP) is 10.5. The van der Waals surface area contributed by atoms with Gasteiger partial charge in [-0.15, -0.1) is 0 Å². The van der Waals surface area contributed by atoms with Crippen molar-refractivity contribution >= 4 is 28.1 Å². The molecule has 0 saturated heterocycles. The van der Waals surface area contributed by atoms with Gasteiger partial charge >= 0.3 is 11.9 Å². The summed E-state index contributed by atoms with van der Waals surface area (Å²) in [6.45, 7) is 28.2. The van der Waals surface area contributed by atoms with E-state index in [0.29, 0.717) is 33.2 Å². The highest BCUT2D eigenvalue weighted by molar-refractivity contribution is 6.86. The van der Waals surface area contributed by atoms with Crippen LogP contribution in [-0.2, 0) is 19.1 Å². The molecule has 40 heavy (non-hydrogen) atoms. The van der Waals surface area contributed by atoms with Crippen LogP contribution in [0.5, 0.6) is 0 Å². The molecule has 0 amide bonds. The van der Waals surface area contributed by atoms with Crippen LogP contribution in [0.1, 0.15) is 147 Å². The van der Waals surface area contributed by atoms with E-state index in [4.69, 9.17) is 9.47 Å². The van der Waals surface area contributed by atoms with E-state index in [1.807, 2.05) is 0 Å². The fourth-order valence-electron chi connectivity index (χ4n) is 11.2. The molecule has 0 atom stereocenters. The van der Waals surface area contributed by atoms with Crippen molar-refractivity contribution in [3.63, 3.8) is 0 Å². The summed E-state index contributed by atoms with van der Waals surface area (Å²) in [6, 6.07) is 0. The molecule has 0 unspecified atom stereocenters. The maximum absolute atomic E-state index is 13.5. The summed E-state index contributed by atoms with van der Waals surface area (Å²) >= 11 is 0. The molecule has 0 N–H and O–H groups in total. The fourth-order valence-corrected chi connectivity index (χ4v) is 28.5. The quantitative estimate of drug-likeness (QED) is 0.128. The average molecular weight is 593 g/mol. The third-order valence-corrected chi connectivity index (χ3v) is 27.4. The van der Waals surface area contributed by atoms with Gasteiger partial charge in [0.15, 0.2) is 0 Å². The summed E-state index contributed by atoms with van der Waals surface area (Å²) < 4.78 is 13.2. The molecule has 2 aliphatic carbocycles. The number of ether oxygens (including phenoxy) is 2. The molecule has 0 aromatic carbocycles. The van der Waals surface area contributed by atoms with Crippen LogP contribution in [0.3, 0.4) is 0 Å². The van der Waals surface area contributed by atoms with Gasteiger partial charge in [-0.3, -0.25) is 0 Å². The molecule has 0 spiro atoms. The number of esters is 2. The van der Waals surface area contributed by atoms with Crippen LogP contribution in [0, 0.1) is 0 Å². The van der Waals surface area contributed by atoms with Crippen LogP contribution < -0.4 is 0 Å². The molecule has 0 aromatic rings. The molecule has 6 heteroatoms. The van der Waals surface area contributed by atoms with Gasteiger partial charge in [-0.05, 0) is 84.6 Å². The molecule has 2 rings (SSSR count). The van der Waals surface area contributed by atoms with Crippen LogP contribution in [0.2, 0.25) is 33.2 Å². The highest BCUT2D eigenvalue weighted by Crippen LogP contribution is 2.56. The lowest BCUT2D eigenvalue weighted by Crippen LogP contribution is -2.66. The summed E-state index contributed by atoms with van der Waals surface area (Å²) in [5.41, 5.74) is 3.00. The Kier molecular flexibility index (Phi) is 12.4. The van der Waals surface area contributed by atoms with Crippen molar-refractivity contribution < 1.29 is 19.1 Å². The van der Waals surface area contributed by atoms with Gasteiger partial charge in [-0.25, -0.2) is 9.59 Å². The minimum absolute atomic E-state index is 0.365. The second kappa shape index (κ2) is 14.1. The minimum Gasteiger partial charge on any atom is -0.460 e. The number of hydrogen-bond donors (Lipinski definition) is 0. The molecule has 232 valence electrons. The zero-order valence-corrected chi connectivity index (χ0v) is 30.3. The lowest BCUT2D eigenvalue weighted by atomic mass is 9.96. The SMILES string of the molecule is CC(C)[Si](C(C)C)(C(C)C)C1(OC(=O)/C=C\C(=O)OC2([Si](C(C)C)(C(C)C)C(C)C)CCCCC2)CCCCC1. The maximum atomic E-state index is 13.5. The van der Waals surface area contributed by atoms with Gasteiger partial charge in [0.2, 0.25) is 0 Å². The first-order valence-corrected chi connectivity index (χ1v) is 21.2. The molecule has 0 bridgehead atoms. The summed E-state index contributed by atoms with van der Waals surface area (Å²) in [7, 11) is -4.19. The van der Waals surface area contributed by atoms with Gasteiger partial charge in [-0.1, -0.05) is 95.9 Å². The molecule has 0 aliphatic heterocycles. The van der Waals surface area contributed by atoms with Crippen LogP contribution in [0.15, 0.2) is 12.2 Å². The molecular weight excluding hydrogens is 529 g/mol. The van der Waals surface area contributed by atoms with Gasteiger partial charge < -0.3 is 9.47 Å². The van der Waals surface area contributed by atoms with Crippen molar-refractivity contribution in [1.82, 2.24) is 0 Å². The summed E-state index contributed by atoms with van der Waals surface area (Å²) in [6.07, 6.45) is 13.4. The molecule has 2 fully saturated rings. The van der Waals surface area contributed by atoms with Crippen LogP contribution >= 0.6 is 0 Å². The van der Waals surface area contributed by atoms with E-state index in [-0.39, 0.29) is 22.4 Å². The van der Waals surface area contributed by atoms with Gasteiger partial charge in [0.05, 0.1) is 0 Å². The number of hydrogen-bond acceptors (Lipinski definition) is 4. The Morgan fingerprint density at radius 1 is 0.475 bits per heavy atom. The highest BCUT2D eigenvalue weighted by atomic mass is 28.3. The van der Waals surface area contributed by atoms with Gasteiger partial charge in [0.1, 0.15) is 26.6 Å². The molecular formula is C34H64O4Si2. The van der Waals surface area contributed by atoms with Crippen molar-refractivity contribution in [3.05, 3.63) is 12.2 Å². The van der Waals surface area contributed by atoms with E-state index in [9.17, 15) is 9.59 Å². The number of rotatable bonds is 12. The maximum Gasteiger partial charge on any atom is 0.331 e. The van der Waals surface area contributed by atoms with Gasteiger partial charge in [-0.2, -0.15) is 0 Å². The Labute approximate surface area is 249 Å². The normalized spacial score (nSPS) is 20.4. The standard InChI is InChI=1S/C34H64O4Si2/c1-25(2)39(26(3)4,27(5)6)33(21-15-13-16-22-33)37-31(35)19-20-32(36)38-34(23-17-14-18-24-34)40(28(7)8,29(9)10)30(11)12/h19-20,25-30H,13-18,21-24H2,1-12H3/b20-19-. The first-order valence-electron chi connectivity index (χ1n) is 16.7. The molecule has 0 heterocycles. The van der Waals surface area contributed by atoms with E-state index in [1.165, 1.54) is 25.0 Å². The molecule has 2 aliphatic rings. The van der Waals surface area contributed by atoms with Crippen molar-refractivity contribution in [1.29, 1.82) is 0 Å². The smallest absolute Gasteiger partial charge is 0.331 e. The first-order chi connectivity index (χ1) is 18.6. The predicted molar refractivity (Wildman–Crippen MR) is 175 cm³/mol. The second-order valence-corrected chi connectivity index (χ2v) is 27.6. The zero-order valence-electron chi connectivity index (χ0n) is 28.3. The highest BCUT2D eigenvalue weighted by Gasteiger charge is 2.62. The topological polar surface area (TPSA) is 52.6 Å². The minimum atomic E-state index is -2.09. The van der Waals surface area contributed by atoms with Crippen molar-refractivity contribution in [2.45, 2.75) is 191 Å². The summed E-state index contributed by atoms with van der Waals surface area (Å²) in [5, 5.41) is -0.765. The lowest BCUT2D eigenvalue weighted by molar-refractivity contribution is -0.152. The Morgan fingerprint density at radius 2 is 0.700 bits per heavy atom. The molecule has 2 saturated carbocycles. The van der Waals surface area contributed by atoms with Crippen molar-refractivity contribution in [3.8, 4) is 0 Å². The molecule has 0 radical (unpaired) electrons. The lowest BCUT2D eigenvalue weighted by Gasteiger charge is -2.57. The third-order valence-electron chi connectivity index (χ3n) is 11.6. The first kappa shape index (κ1) is 35.3. The Morgan fingerprint density at radius 3 is 0.900 bits per heavy atom. The van der Waals surface area contributed by atoms with E-state index in [0.717, 1.165) is 51.4 Å². The van der Waals surface area contributed by atoms with E-state index in [1.54, 1.807) is 0 Å². The van der Waals surface area contributed by atoms with Gasteiger partial charge in [0, 0.05) is 12.2 Å². The Balaban J connectivity index is 2.40. The largest absolute Gasteiger partial charge is 0.460 e. The number of carbonyl (C=O) groups is 2. The summed E-state index contributed by atoms with van der Waals surface area (Å²) in [4.78, 5) is 27.1. The Hall–Kier alpha value is -0.886. The fraction of sp³-hybridized carbons (Fsp3) is 0.882. The van der Waals surface area contributed by atoms with Crippen LogP contribution in [0.25, 0.3) is 0 Å². The van der Waals surface area contributed by atoms with E-state index in [2.05, 4.69) is 83.1 Å². The van der Waals surface area contributed by atoms with Gasteiger partial charge in [0.25, 0.3) is 0 Å². The summed E-state index contributed by atoms with van der Waals surface area (Å²) in [5.74, 6) is -0.731. The van der Waals surface area contributed by atoms with Crippen LogP contribution in [0.4, 0.5) is 0 Å². The van der Waals surface area contributed by atoms with E-state index >= 15 is 0 Å². The van der Waals surface area contributed by atoms with Crippen molar-refractivity contribution in [2.24, 2.45) is 0 Å². The van der Waals surface area contributed by atoms with E-state index < -0.39 is 16.1 Å². The average Bonchev–Trinajstić information content (AvgIpc) is 2.83. The third kappa shape index (κ3) is 6.23.